The summed E-state index contributed by atoms with van der Waals surface area (Å²) in [4.78, 5) is 125. The zero-order valence-electron chi connectivity index (χ0n) is 66.2. The molecular weight excluding hydrogens is 1530 g/mol. The van der Waals surface area contributed by atoms with Crippen LogP contribution in [0.4, 0.5) is 0 Å². The number of carbonyl (C=O) groups excluding carboxylic acids is 9. The van der Waals surface area contributed by atoms with Crippen molar-refractivity contribution in [3.05, 3.63) is 41.8 Å². The van der Waals surface area contributed by atoms with Crippen LogP contribution in [0.1, 0.15) is 57.8 Å². The van der Waals surface area contributed by atoms with Gasteiger partial charge in [0.05, 0.1) is 205 Å². The molecule has 0 spiro atoms. The lowest BCUT2D eigenvalue weighted by Crippen LogP contribution is -2.48. The quantitative estimate of drug-likeness (QED) is 0.0122. The maximum Gasteiger partial charge on any atom is 0.328 e. The SMILES string of the molecule is COC(=O)[C@H](CCCCNC(=O)COCCOCCOCCNC(=O)C(CCCCNC(=O)COCCOCCOCCN=[N+]=[N-])NC(=O)COCCOCCOCCN=[N+]=[N-])NC(=O)COCCOCCOCCNC(=O)C(CCCCNC(=O)COCCOCCOCCN=[N+]=[N-])NC(=O)COCCOCCOCCN=[N+]=[N-]. The number of methoxy groups -OCH3 is 1. The van der Waals surface area contributed by atoms with E-state index in [2.05, 4.69) is 82.6 Å². The number of hydrogen-bond donors (Lipinski definition) is 8. The third-order valence-corrected chi connectivity index (χ3v) is 14.4. The average Bonchev–Trinajstić information content (AvgIpc) is 0.938. The summed E-state index contributed by atoms with van der Waals surface area (Å²) in [5, 5.41) is 35.2. The summed E-state index contributed by atoms with van der Waals surface area (Å²) in [6, 6.07) is -2.79. The van der Waals surface area contributed by atoms with Crippen molar-refractivity contribution in [3.63, 3.8) is 0 Å². The summed E-state index contributed by atoms with van der Waals surface area (Å²) in [5.74, 6) is -4.18. The van der Waals surface area contributed by atoms with Gasteiger partial charge in [0, 0.05) is 78.5 Å². The van der Waals surface area contributed by atoms with E-state index >= 15 is 0 Å². The Morgan fingerprint density at radius 3 is 0.704 bits per heavy atom. The number of carbonyl (C=O) groups is 9. The van der Waals surface area contributed by atoms with E-state index in [-0.39, 0.29) is 294 Å². The molecule has 3 atom stereocenters. The monoisotopic (exact) mass is 1650 g/mol. The molecule has 0 radical (unpaired) electrons. The molecule has 115 heavy (non-hydrogen) atoms. The molecule has 8 amide bonds. The van der Waals surface area contributed by atoms with Crippen LogP contribution in [0, 0.1) is 0 Å². The third-order valence-electron chi connectivity index (χ3n) is 14.4. The van der Waals surface area contributed by atoms with Gasteiger partial charge in [-0.3, -0.25) is 38.4 Å². The molecule has 0 heterocycles. The van der Waals surface area contributed by atoms with E-state index in [0.29, 0.717) is 78.0 Å². The molecule has 0 aromatic heterocycles. The highest BCUT2D eigenvalue weighted by Gasteiger charge is 2.24. The second-order valence-electron chi connectivity index (χ2n) is 23.5. The van der Waals surface area contributed by atoms with Crippen LogP contribution in [0.5, 0.6) is 0 Å². The van der Waals surface area contributed by atoms with Crippen molar-refractivity contribution in [2.75, 3.05) is 304 Å². The molecule has 0 aromatic rings. The maximum absolute atomic E-state index is 13.2. The van der Waals surface area contributed by atoms with Crippen LogP contribution in [-0.4, -0.2) is 375 Å². The predicted molar refractivity (Wildman–Crippen MR) is 405 cm³/mol. The Kier molecular flexibility index (Phi) is 79.0. The number of azide groups is 4. The van der Waals surface area contributed by atoms with Gasteiger partial charge in [0.15, 0.2) is 0 Å². The minimum absolute atomic E-state index is 0.0516. The van der Waals surface area contributed by atoms with Gasteiger partial charge >= 0.3 is 5.97 Å². The molecule has 0 fully saturated rings. The fourth-order valence-electron chi connectivity index (χ4n) is 8.86. The number of ether oxygens (including phenoxy) is 19. The van der Waals surface area contributed by atoms with E-state index in [4.69, 9.17) is 112 Å². The summed E-state index contributed by atoms with van der Waals surface area (Å²) in [7, 11) is 1.20. The minimum atomic E-state index is -0.955. The van der Waals surface area contributed by atoms with Crippen LogP contribution in [0.25, 0.3) is 41.8 Å². The molecule has 658 valence electrons. The molecule has 48 heteroatoms. The van der Waals surface area contributed by atoms with Crippen molar-refractivity contribution in [2.45, 2.75) is 75.9 Å². The molecule has 0 saturated heterocycles. The molecule has 0 aliphatic heterocycles. The van der Waals surface area contributed by atoms with E-state index < -0.39 is 53.6 Å². The average molecular weight is 1660 g/mol. The van der Waals surface area contributed by atoms with Gasteiger partial charge in [-0.05, 0) is 79.9 Å². The van der Waals surface area contributed by atoms with Crippen LogP contribution in [0.2, 0.25) is 0 Å². The molecule has 8 N–H and O–H groups in total. The molecule has 0 saturated carbocycles. The Labute approximate surface area is 668 Å². The molecule has 0 bridgehead atoms. The van der Waals surface area contributed by atoms with Gasteiger partial charge < -0.3 is 133 Å². The number of esters is 1. The van der Waals surface area contributed by atoms with Crippen molar-refractivity contribution in [3.8, 4) is 0 Å². The van der Waals surface area contributed by atoms with E-state index in [1.165, 1.54) is 7.11 Å². The molecule has 0 aliphatic rings. The highest BCUT2D eigenvalue weighted by molar-refractivity contribution is 5.89. The van der Waals surface area contributed by atoms with Gasteiger partial charge in [-0.2, -0.15) is 0 Å². The van der Waals surface area contributed by atoms with Gasteiger partial charge in [-0.1, -0.05) is 20.5 Å². The normalized spacial score (nSPS) is 11.6. The standard InChI is InChI=1S/C67H122N20O28/c1-97-67(96)58(83-64(93)55-115-49-43-105-33-27-99-21-15-76-66(95)57(82-63(92)54-114-48-42-109-37-31-103-25-19-80-87-71)9-3-6-12-73-60(89)51-112-46-40-107-35-29-101-23-17-78-85-69)10-4-7-13-74-61(90)52-110-44-38-104-32-26-98-20-14-75-65(94)56(81-62(91)53-113-47-41-108-36-30-102-24-18-79-86-70)8-2-5-11-72-59(88)50-111-45-39-106-34-28-100-22-16-77-84-68/h56-58H,2-55H2,1H3,(H,72,88)(H,73,89)(H,74,90)(H,75,94)(H,76,95)(H,81,91)(H,82,92)(H,83,93)/t56?,57?,58-/m0/s1. The van der Waals surface area contributed by atoms with Crippen LogP contribution >= 0.6 is 0 Å². The summed E-state index contributed by atoms with van der Waals surface area (Å²) >= 11 is 0. The number of rotatable bonds is 87. The zero-order chi connectivity index (χ0) is 83.9. The number of nitrogens with one attached hydrogen (secondary N) is 8. The smallest absolute Gasteiger partial charge is 0.328 e. The predicted octanol–water partition coefficient (Wildman–Crippen LogP) is -0.754. The number of unbranched alkanes of at least 4 members (excludes halogenated alkanes) is 3. The van der Waals surface area contributed by atoms with Crippen molar-refractivity contribution < 1.29 is 133 Å². The number of amides is 8. The maximum atomic E-state index is 13.2. The summed E-state index contributed by atoms with van der Waals surface area (Å²) in [6.45, 7) is 6.80. The van der Waals surface area contributed by atoms with Gasteiger partial charge in [-0.25, -0.2) is 4.79 Å². The van der Waals surface area contributed by atoms with E-state index in [9.17, 15) is 43.2 Å². The fourth-order valence-corrected chi connectivity index (χ4v) is 8.86. The van der Waals surface area contributed by atoms with Crippen LogP contribution < -0.4 is 42.5 Å². The highest BCUT2D eigenvalue weighted by Crippen LogP contribution is 2.06. The Balaban J connectivity index is 4.54. The Bertz CT molecular complexity index is 2710. The van der Waals surface area contributed by atoms with E-state index in [1.54, 1.807) is 0 Å². The lowest BCUT2D eigenvalue weighted by molar-refractivity contribution is -0.146. The van der Waals surface area contributed by atoms with Gasteiger partial charge in [-0.15, -0.1) is 0 Å². The van der Waals surface area contributed by atoms with Crippen LogP contribution in [-0.2, 0) is 133 Å². The zero-order valence-corrected chi connectivity index (χ0v) is 66.2. The largest absolute Gasteiger partial charge is 0.467 e. The third kappa shape index (κ3) is 76.8. The minimum Gasteiger partial charge on any atom is -0.467 e. The topological polar surface area (TPSA) is 620 Å². The van der Waals surface area contributed by atoms with Gasteiger partial charge in [0.2, 0.25) is 47.3 Å². The van der Waals surface area contributed by atoms with Crippen molar-refractivity contribution >= 4 is 53.2 Å². The fraction of sp³-hybridized carbons (Fsp3) is 0.866. The summed E-state index contributed by atoms with van der Waals surface area (Å²) in [6.07, 6.45) is 3.60. The van der Waals surface area contributed by atoms with E-state index in [0.717, 1.165) is 0 Å². The Hall–Kier alpha value is -8.25. The lowest BCUT2D eigenvalue weighted by Gasteiger charge is -2.19. The second-order valence-corrected chi connectivity index (χ2v) is 23.5. The lowest BCUT2D eigenvalue weighted by atomic mass is 10.1. The molecule has 0 rings (SSSR count). The first-order chi connectivity index (χ1) is 56.3. The van der Waals surface area contributed by atoms with E-state index in [1.807, 2.05) is 0 Å². The van der Waals surface area contributed by atoms with Crippen molar-refractivity contribution in [2.24, 2.45) is 20.5 Å². The summed E-state index contributed by atoms with van der Waals surface area (Å²) < 4.78 is 102. The first-order valence-corrected chi connectivity index (χ1v) is 38.1. The first-order valence-electron chi connectivity index (χ1n) is 38.1. The van der Waals surface area contributed by atoms with Crippen LogP contribution in [0.3, 0.4) is 0 Å². The van der Waals surface area contributed by atoms with Crippen molar-refractivity contribution in [1.82, 2.24) is 42.5 Å². The van der Waals surface area contributed by atoms with Gasteiger partial charge in [0.25, 0.3) is 0 Å². The molecule has 0 aromatic carbocycles. The number of hydrogen-bond acceptors (Lipinski definition) is 32. The van der Waals surface area contributed by atoms with Gasteiger partial charge in [0.1, 0.15) is 57.8 Å². The first kappa shape index (κ1) is 107. The second kappa shape index (κ2) is 85.1. The Morgan fingerprint density at radius 2 is 0.461 bits per heavy atom. The van der Waals surface area contributed by atoms with Crippen LogP contribution in [0.15, 0.2) is 20.5 Å². The molecule has 48 nitrogen and oxygen atoms in total. The number of nitrogens with zero attached hydrogens (tertiary/aromatic N) is 12. The Morgan fingerprint density at radius 1 is 0.252 bits per heavy atom. The molecular formula is C67H122N20O28. The molecule has 2 unspecified atom stereocenters. The summed E-state index contributed by atoms with van der Waals surface area (Å²) in [5.41, 5.74) is 33.2. The highest BCUT2D eigenvalue weighted by atomic mass is 16.6. The molecule has 0 aliphatic carbocycles. The van der Waals surface area contributed by atoms with Crippen molar-refractivity contribution in [1.29, 1.82) is 0 Å².